The Bertz CT molecular complexity index is 369. The summed E-state index contributed by atoms with van der Waals surface area (Å²) >= 11 is 0. The highest BCUT2D eigenvalue weighted by Crippen LogP contribution is 1.96. The minimum atomic E-state index is -0.316. The summed E-state index contributed by atoms with van der Waals surface area (Å²) in [4.78, 5) is 7.76. The first-order valence-electron chi connectivity index (χ1n) is 3.13. The Kier molecular flexibility index (Phi) is 1.29. The van der Waals surface area contributed by atoms with Gasteiger partial charge in [0.1, 0.15) is 12.9 Å². The molecule has 5 heteroatoms. The summed E-state index contributed by atoms with van der Waals surface area (Å²) in [5, 5.41) is 14.2. The Hall–Kier alpha value is -1.49. The molecule has 0 bridgehead atoms. The van der Waals surface area contributed by atoms with Crippen molar-refractivity contribution in [2.45, 2.75) is 6.61 Å². The fraction of sp³-hybridized carbons (Fsp3) is 0.167. The highest BCUT2D eigenvalue weighted by molar-refractivity contribution is 5.25. The molecule has 1 radical (unpaired) electrons. The Morgan fingerprint density at radius 1 is 1.55 bits per heavy atom. The number of aromatic nitrogens is 4. The highest BCUT2D eigenvalue weighted by atomic mass is 16.3. The molecule has 0 amide bonds. The molecule has 0 aliphatic heterocycles. The first kappa shape index (κ1) is 6.23. The molecule has 0 aliphatic carbocycles. The van der Waals surface area contributed by atoms with E-state index in [1.807, 2.05) is 0 Å². The Labute approximate surface area is 62.3 Å². The first-order chi connectivity index (χ1) is 5.40. The molecular weight excluding hydrogens is 144 g/mol. The Morgan fingerprint density at radius 2 is 2.45 bits per heavy atom. The lowest BCUT2D eigenvalue weighted by molar-refractivity contribution is 0.174. The van der Waals surface area contributed by atoms with Crippen LogP contribution < -0.4 is 0 Å². The van der Waals surface area contributed by atoms with Crippen molar-refractivity contribution >= 4 is 5.78 Å². The van der Waals surface area contributed by atoms with E-state index in [9.17, 15) is 5.11 Å². The van der Waals surface area contributed by atoms with Crippen LogP contribution in [0.2, 0.25) is 0 Å². The van der Waals surface area contributed by atoms with Crippen LogP contribution in [0.15, 0.2) is 18.6 Å². The predicted octanol–water partition coefficient (Wildman–Crippen LogP) is 0.0548. The van der Waals surface area contributed by atoms with Gasteiger partial charge in [-0.1, -0.05) is 0 Å². The summed E-state index contributed by atoms with van der Waals surface area (Å²) in [6, 6.07) is 1.63. The van der Waals surface area contributed by atoms with Crippen molar-refractivity contribution in [1.82, 2.24) is 19.6 Å². The fourth-order valence-corrected chi connectivity index (χ4v) is 0.832. The van der Waals surface area contributed by atoms with Gasteiger partial charge < -0.3 is 0 Å². The summed E-state index contributed by atoms with van der Waals surface area (Å²) < 4.78 is 1.51. The second kappa shape index (κ2) is 2.28. The maximum absolute atomic E-state index is 10.4. The number of hydrogen-bond donors (Lipinski definition) is 0. The van der Waals surface area contributed by atoms with E-state index in [-0.39, 0.29) is 6.61 Å². The molecule has 2 aromatic heterocycles. The molecule has 0 saturated carbocycles. The third-order valence-corrected chi connectivity index (χ3v) is 1.35. The molecule has 11 heavy (non-hydrogen) atoms. The molecule has 0 aliphatic rings. The van der Waals surface area contributed by atoms with Gasteiger partial charge in [-0.2, -0.15) is 10.1 Å². The van der Waals surface area contributed by atoms with E-state index in [2.05, 4.69) is 15.1 Å². The van der Waals surface area contributed by atoms with Gasteiger partial charge in [0.05, 0.1) is 5.69 Å². The van der Waals surface area contributed by atoms with Crippen LogP contribution in [0.1, 0.15) is 5.69 Å². The average Bonchev–Trinajstić information content (AvgIpc) is 2.50. The molecule has 2 heterocycles. The topological polar surface area (TPSA) is 63.0 Å². The summed E-state index contributed by atoms with van der Waals surface area (Å²) in [6.07, 6.45) is 3.07. The monoisotopic (exact) mass is 149 g/mol. The zero-order valence-electron chi connectivity index (χ0n) is 5.64. The molecule has 0 unspecified atom stereocenters. The number of rotatable bonds is 1. The predicted molar refractivity (Wildman–Crippen MR) is 35.2 cm³/mol. The number of fused-ring (bicyclic) bond motifs is 1. The maximum atomic E-state index is 10.4. The molecule has 0 atom stereocenters. The molecule has 0 spiro atoms. The van der Waals surface area contributed by atoms with Gasteiger partial charge in [0, 0.05) is 6.20 Å². The van der Waals surface area contributed by atoms with Crippen LogP contribution in [0.25, 0.3) is 5.78 Å². The lowest BCUT2D eigenvalue weighted by Crippen LogP contribution is -1.94. The van der Waals surface area contributed by atoms with Crippen molar-refractivity contribution in [2.24, 2.45) is 0 Å². The van der Waals surface area contributed by atoms with Crippen molar-refractivity contribution in [3.63, 3.8) is 0 Å². The van der Waals surface area contributed by atoms with Crippen LogP contribution in [0, 0.1) is 0 Å². The molecule has 0 N–H and O–H groups in total. The van der Waals surface area contributed by atoms with Crippen LogP contribution in [0.3, 0.4) is 0 Å². The fourth-order valence-electron chi connectivity index (χ4n) is 0.832. The maximum Gasteiger partial charge on any atom is 0.252 e. The van der Waals surface area contributed by atoms with E-state index < -0.39 is 0 Å². The minimum absolute atomic E-state index is 0.316. The molecule has 5 nitrogen and oxygen atoms in total. The first-order valence-corrected chi connectivity index (χ1v) is 3.13. The van der Waals surface area contributed by atoms with Crippen LogP contribution in [-0.4, -0.2) is 19.6 Å². The van der Waals surface area contributed by atoms with Crippen LogP contribution in [-0.2, 0) is 11.7 Å². The SMILES string of the molecule is [O]Cc1ccn2ncnc2n1. The largest absolute Gasteiger partial charge is 0.252 e. The van der Waals surface area contributed by atoms with Crippen molar-refractivity contribution in [2.75, 3.05) is 0 Å². The molecule has 0 aromatic carbocycles. The van der Waals surface area contributed by atoms with Gasteiger partial charge in [0.15, 0.2) is 0 Å². The zero-order valence-corrected chi connectivity index (χ0v) is 5.64. The average molecular weight is 149 g/mol. The molecule has 0 fully saturated rings. The second-order valence-corrected chi connectivity index (χ2v) is 2.07. The van der Waals surface area contributed by atoms with Crippen LogP contribution in [0.5, 0.6) is 0 Å². The Morgan fingerprint density at radius 3 is 3.27 bits per heavy atom. The van der Waals surface area contributed by atoms with Gasteiger partial charge in [-0.25, -0.2) is 14.6 Å². The summed E-state index contributed by atoms with van der Waals surface area (Å²) in [6.45, 7) is -0.316. The van der Waals surface area contributed by atoms with E-state index in [4.69, 9.17) is 0 Å². The lowest BCUT2D eigenvalue weighted by Gasteiger charge is -1.92. The normalized spacial score (nSPS) is 10.6. The summed E-state index contributed by atoms with van der Waals surface area (Å²) in [5.41, 5.74) is 0.491. The van der Waals surface area contributed by atoms with Crippen molar-refractivity contribution < 1.29 is 5.11 Å². The third kappa shape index (κ3) is 0.947. The van der Waals surface area contributed by atoms with Gasteiger partial charge in [-0.05, 0) is 6.07 Å². The molecule has 2 aromatic rings. The van der Waals surface area contributed by atoms with Crippen LogP contribution in [0.4, 0.5) is 0 Å². The molecule has 2 rings (SSSR count). The van der Waals surface area contributed by atoms with Gasteiger partial charge in [-0.15, -0.1) is 0 Å². The minimum Gasteiger partial charge on any atom is -0.230 e. The standard InChI is InChI=1S/C6H5N4O/c11-3-5-1-2-10-6(9-5)7-4-8-10/h1-2,4H,3H2. The zero-order chi connectivity index (χ0) is 7.68. The van der Waals surface area contributed by atoms with Crippen molar-refractivity contribution in [3.8, 4) is 0 Å². The van der Waals surface area contributed by atoms with Gasteiger partial charge >= 0.3 is 0 Å². The summed E-state index contributed by atoms with van der Waals surface area (Å²) in [5.74, 6) is 0.471. The molecule has 55 valence electrons. The number of nitrogens with zero attached hydrogens (tertiary/aromatic N) is 4. The quantitative estimate of drug-likeness (QED) is 0.575. The third-order valence-electron chi connectivity index (χ3n) is 1.35. The van der Waals surface area contributed by atoms with E-state index >= 15 is 0 Å². The lowest BCUT2D eigenvalue weighted by atomic mass is 10.4. The Balaban J connectivity index is 2.67. The van der Waals surface area contributed by atoms with E-state index in [0.717, 1.165) is 0 Å². The highest BCUT2D eigenvalue weighted by Gasteiger charge is 1.97. The summed E-state index contributed by atoms with van der Waals surface area (Å²) in [7, 11) is 0. The molecular formula is C6H5N4O. The van der Waals surface area contributed by atoms with E-state index in [1.54, 1.807) is 12.3 Å². The van der Waals surface area contributed by atoms with E-state index in [1.165, 1.54) is 10.8 Å². The van der Waals surface area contributed by atoms with Crippen LogP contribution >= 0.6 is 0 Å². The van der Waals surface area contributed by atoms with Crippen molar-refractivity contribution in [1.29, 1.82) is 0 Å². The van der Waals surface area contributed by atoms with Gasteiger partial charge in [0.2, 0.25) is 0 Å². The number of hydrogen-bond acceptors (Lipinski definition) is 3. The van der Waals surface area contributed by atoms with Gasteiger partial charge in [0.25, 0.3) is 5.78 Å². The molecule has 0 saturated heterocycles. The second-order valence-electron chi connectivity index (χ2n) is 2.07. The smallest absolute Gasteiger partial charge is 0.230 e. The van der Waals surface area contributed by atoms with Gasteiger partial charge in [-0.3, -0.25) is 0 Å². The van der Waals surface area contributed by atoms with E-state index in [0.29, 0.717) is 11.5 Å². The van der Waals surface area contributed by atoms with Crippen molar-refractivity contribution in [3.05, 3.63) is 24.3 Å².